The first kappa shape index (κ1) is 23.5. The molecule has 0 N–H and O–H groups in total. The molecular formula is C22H41NO2S. The van der Waals surface area contributed by atoms with Crippen molar-refractivity contribution in [2.24, 2.45) is 5.41 Å². The van der Waals surface area contributed by atoms with E-state index in [0.717, 1.165) is 13.0 Å². The molecule has 1 aliphatic heterocycles. The van der Waals surface area contributed by atoms with Crippen molar-refractivity contribution in [1.82, 2.24) is 4.90 Å². The minimum Gasteiger partial charge on any atom is -0.337 e. The van der Waals surface area contributed by atoms with E-state index in [4.69, 9.17) is 0 Å². The van der Waals surface area contributed by atoms with E-state index in [-0.39, 0.29) is 27.9 Å². The van der Waals surface area contributed by atoms with Gasteiger partial charge in [-0.2, -0.15) is 0 Å². The number of thioether (sulfide) groups is 1. The number of carbonyl (C=O) groups is 2. The van der Waals surface area contributed by atoms with Gasteiger partial charge in [0, 0.05) is 22.7 Å². The molecule has 4 heteroatoms. The topological polar surface area (TPSA) is 37.4 Å². The number of rotatable bonds is 12. The summed E-state index contributed by atoms with van der Waals surface area (Å²) >= 11 is 1.93. The molecule has 0 aromatic heterocycles. The van der Waals surface area contributed by atoms with Gasteiger partial charge in [-0.05, 0) is 46.5 Å². The fraction of sp³-hybridized carbons (Fsp3) is 0.909. The average Bonchev–Trinajstić information content (AvgIpc) is 2.90. The summed E-state index contributed by atoms with van der Waals surface area (Å²) in [5.41, 5.74) is -0.663. The first-order chi connectivity index (χ1) is 12.0. The van der Waals surface area contributed by atoms with Crippen LogP contribution in [-0.4, -0.2) is 39.2 Å². The van der Waals surface area contributed by atoms with E-state index >= 15 is 0 Å². The molecule has 0 bridgehead atoms. The fourth-order valence-corrected chi connectivity index (χ4v) is 5.61. The van der Waals surface area contributed by atoms with Crippen LogP contribution >= 0.6 is 11.8 Å². The highest BCUT2D eigenvalue weighted by Crippen LogP contribution is 2.39. The summed E-state index contributed by atoms with van der Waals surface area (Å²) in [7, 11) is 0. The SMILES string of the molecule is CCCCC(CCCC)SC1CCN(C(C)(C)CC(C)(C)C(C)=O)C1=O. The van der Waals surface area contributed by atoms with Crippen molar-refractivity contribution in [3.63, 3.8) is 0 Å². The molecule has 0 saturated carbocycles. The largest absolute Gasteiger partial charge is 0.337 e. The third-order valence-electron chi connectivity index (χ3n) is 5.83. The minimum atomic E-state index is -0.389. The second kappa shape index (κ2) is 10.1. The highest BCUT2D eigenvalue weighted by atomic mass is 32.2. The lowest BCUT2D eigenvalue weighted by Gasteiger charge is -2.40. The normalized spacial score (nSPS) is 18.8. The number of Topliss-reactive ketones (excluding diaryl/α,β-unsaturated/α-hetero) is 1. The Bertz CT molecular complexity index is 465. The van der Waals surface area contributed by atoms with Crippen LogP contribution < -0.4 is 0 Å². The van der Waals surface area contributed by atoms with Gasteiger partial charge in [-0.1, -0.05) is 53.4 Å². The Labute approximate surface area is 166 Å². The lowest BCUT2D eigenvalue weighted by molar-refractivity contribution is -0.135. The molecule has 3 nitrogen and oxygen atoms in total. The zero-order valence-electron chi connectivity index (χ0n) is 18.2. The Morgan fingerprint density at radius 1 is 1.15 bits per heavy atom. The van der Waals surface area contributed by atoms with Gasteiger partial charge in [-0.25, -0.2) is 0 Å². The smallest absolute Gasteiger partial charge is 0.236 e. The second-order valence-corrected chi connectivity index (χ2v) is 10.7. The van der Waals surface area contributed by atoms with Crippen molar-refractivity contribution >= 4 is 23.5 Å². The van der Waals surface area contributed by atoms with E-state index in [0.29, 0.717) is 11.7 Å². The van der Waals surface area contributed by atoms with Crippen molar-refractivity contribution in [3.05, 3.63) is 0 Å². The van der Waals surface area contributed by atoms with Gasteiger partial charge in [-0.3, -0.25) is 9.59 Å². The first-order valence-electron chi connectivity index (χ1n) is 10.5. The van der Waals surface area contributed by atoms with Crippen LogP contribution in [-0.2, 0) is 9.59 Å². The molecular weight excluding hydrogens is 342 g/mol. The van der Waals surface area contributed by atoms with Gasteiger partial charge in [0.2, 0.25) is 5.91 Å². The Morgan fingerprint density at radius 3 is 2.15 bits per heavy atom. The highest BCUT2D eigenvalue weighted by Gasteiger charge is 2.44. The lowest BCUT2D eigenvalue weighted by Crippen LogP contribution is -2.49. The molecule has 0 aromatic rings. The van der Waals surface area contributed by atoms with Crippen molar-refractivity contribution in [3.8, 4) is 0 Å². The predicted octanol–water partition coefficient (Wildman–Crippen LogP) is 5.85. The Morgan fingerprint density at radius 2 is 1.69 bits per heavy atom. The van der Waals surface area contributed by atoms with Crippen LogP contribution in [0.15, 0.2) is 0 Å². The molecule has 0 aromatic carbocycles. The molecule has 26 heavy (non-hydrogen) atoms. The van der Waals surface area contributed by atoms with Crippen LogP contribution in [0.4, 0.5) is 0 Å². The molecule has 1 saturated heterocycles. The average molecular weight is 384 g/mol. The van der Waals surface area contributed by atoms with Gasteiger partial charge in [0.15, 0.2) is 0 Å². The van der Waals surface area contributed by atoms with Crippen molar-refractivity contribution < 1.29 is 9.59 Å². The summed E-state index contributed by atoms with van der Waals surface area (Å²) in [5, 5.41) is 0.717. The maximum atomic E-state index is 13.1. The maximum absolute atomic E-state index is 13.1. The monoisotopic (exact) mass is 383 g/mol. The van der Waals surface area contributed by atoms with E-state index < -0.39 is 0 Å². The number of nitrogens with zero attached hydrogens (tertiary/aromatic N) is 1. The molecule has 1 fully saturated rings. The van der Waals surface area contributed by atoms with Crippen LogP contribution in [0.2, 0.25) is 0 Å². The molecule has 1 aliphatic rings. The van der Waals surface area contributed by atoms with Gasteiger partial charge in [0.05, 0.1) is 5.25 Å². The number of amides is 1. The first-order valence-corrected chi connectivity index (χ1v) is 11.5. The summed E-state index contributed by atoms with van der Waals surface area (Å²) in [6.45, 7) is 15.2. The van der Waals surface area contributed by atoms with Gasteiger partial charge < -0.3 is 4.90 Å². The van der Waals surface area contributed by atoms with Crippen LogP contribution in [0.5, 0.6) is 0 Å². The number of unbranched alkanes of at least 4 members (excludes halogenated alkanes) is 2. The number of likely N-dealkylation sites (tertiary alicyclic amines) is 1. The summed E-state index contributed by atoms with van der Waals surface area (Å²) in [4.78, 5) is 27.1. The second-order valence-electron chi connectivity index (χ2n) is 9.24. The lowest BCUT2D eigenvalue weighted by atomic mass is 9.77. The molecule has 1 rings (SSSR count). The maximum Gasteiger partial charge on any atom is 0.236 e. The van der Waals surface area contributed by atoms with E-state index in [1.54, 1.807) is 6.92 Å². The standard InChI is InChI=1S/C22H41NO2S/c1-8-10-12-18(13-11-9-2)26-19-14-15-23(20(19)25)22(6,7)16-21(4,5)17(3)24/h18-19H,8-16H2,1-7H3. The summed E-state index contributed by atoms with van der Waals surface area (Å²) in [5.74, 6) is 0.486. The fourth-order valence-electron chi connectivity index (χ4n) is 4.06. The van der Waals surface area contributed by atoms with Crippen LogP contribution in [0.25, 0.3) is 0 Å². The third-order valence-corrected chi connectivity index (χ3v) is 7.45. The number of carbonyl (C=O) groups excluding carboxylic acids is 2. The Balaban J connectivity index is 2.74. The van der Waals surface area contributed by atoms with Gasteiger partial charge in [-0.15, -0.1) is 11.8 Å². The van der Waals surface area contributed by atoms with Crippen LogP contribution in [0.1, 0.15) is 99.8 Å². The predicted molar refractivity (Wildman–Crippen MR) is 114 cm³/mol. The molecule has 1 amide bonds. The molecule has 0 radical (unpaired) electrons. The van der Waals surface area contributed by atoms with E-state index in [2.05, 4.69) is 27.7 Å². The van der Waals surface area contributed by atoms with Gasteiger partial charge in [0.25, 0.3) is 0 Å². The number of hydrogen-bond donors (Lipinski definition) is 0. The summed E-state index contributed by atoms with van der Waals surface area (Å²) < 4.78 is 0. The highest BCUT2D eigenvalue weighted by molar-refractivity contribution is 8.01. The van der Waals surface area contributed by atoms with Crippen LogP contribution in [0, 0.1) is 5.41 Å². The zero-order valence-corrected chi connectivity index (χ0v) is 19.0. The minimum absolute atomic E-state index is 0.105. The van der Waals surface area contributed by atoms with E-state index in [1.165, 1.54) is 38.5 Å². The molecule has 0 aliphatic carbocycles. The quantitative estimate of drug-likeness (QED) is 0.424. The molecule has 1 heterocycles. The molecule has 1 atom stereocenters. The number of ketones is 1. The van der Waals surface area contributed by atoms with Crippen molar-refractivity contribution in [2.45, 2.75) is 116 Å². The van der Waals surface area contributed by atoms with Crippen LogP contribution in [0.3, 0.4) is 0 Å². The van der Waals surface area contributed by atoms with Crippen molar-refractivity contribution in [1.29, 1.82) is 0 Å². The molecule has 152 valence electrons. The summed E-state index contributed by atoms with van der Waals surface area (Å²) in [6, 6.07) is 0. The third kappa shape index (κ3) is 6.58. The Hall–Kier alpha value is -0.510. The van der Waals surface area contributed by atoms with Crippen molar-refractivity contribution in [2.75, 3.05) is 6.54 Å². The number of hydrogen-bond acceptors (Lipinski definition) is 3. The summed E-state index contributed by atoms with van der Waals surface area (Å²) in [6.07, 6.45) is 9.07. The molecule has 1 unspecified atom stereocenters. The van der Waals surface area contributed by atoms with E-state index in [1.807, 2.05) is 30.5 Å². The van der Waals surface area contributed by atoms with Gasteiger partial charge in [0.1, 0.15) is 5.78 Å². The Kier molecular flexibility index (Phi) is 9.18. The molecule has 0 spiro atoms. The van der Waals surface area contributed by atoms with Gasteiger partial charge >= 0.3 is 0 Å². The van der Waals surface area contributed by atoms with E-state index in [9.17, 15) is 9.59 Å². The zero-order chi connectivity index (χ0) is 20.0.